The van der Waals surface area contributed by atoms with E-state index in [1.165, 1.54) is 5.56 Å². The molecular formula is C17H19BrO. The second-order valence-electron chi connectivity index (χ2n) is 5.22. The number of hydrogen-bond acceptors (Lipinski definition) is 1. The van der Waals surface area contributed by atoms with Crippen LogP contribution in [0.15, 0.2) is 34.8 Å². The van der Waals surface area contributed by atoms with Crippen LogP contribution in [-0.2, 0) is 0 Å². The second-order valence-corrected chi connectivity index (χ2v) is 6.08. The standard InChI is InChI=1S/C17H19BrO/c1-10-7-12(3)16(13(4)8-10)17(19)14-5-6-15(18)11(2)9-14/h5-9,17,19H,1-4H3. The third kappa shape index (κ3) is 2.90. The number of benzene rings is 2. The quantitative estimate of drug-likeness (QED) is 0.846. The Balaban J connectivity index is 2.49. The van der Waals surface area contributed by atoms with Crippen molar-refractivity contribution in [1.29, 1.82) is 0 Å². The molecule has 0 bridgehead atoms. The van der Waals surface area contributed by atoms with Crippen LogP contribution in [0, 0.1) is 27.7 Å². The van der Waals surface area contributed by atoms with Crippen LogP contribution in [0.2, 0.25) is 0 Å². The average molecular weight is 319 g/mol. The minimum atomic E-state index is -0.563. The van der Waals surface area contributed by atoms with Gasteiger partial charge in [-0.2, -0.15) is 0 Å². The number of halogens is 1. The van der Waals surface area contributed by atoms with Crippen LogP contribution >= 0.6 is 15.9 Å². The summed E-state index contributed by atoms with van der Waals surface area (Å²) in [6.45, 7) is 8.24. The molecule has 0 saturated carbocycles. The summed E-state index contributed by atoms with van der Waals surface area (Å²) < 4.78 is 1.07. The van der Waals surface area contributed by atoms with Crippen molar-refractivity contribution >= 4 is 15.9 Å². The topological polar surface area (TPSA) is 20.2 Å². The SMILES string of the molecule is Cc1cc(C)c(C(O)c2ccc(Br)c(C)c2)c(C)c1. The zero-order valence-corrected chi connectivity index (χ0v) is 13.4. The van der Waals surface area contributed by atoms with Gasteiger partial charge in [-0.05, 0) is 61.6 Å². The minimum Gasteiger partial charge on any atom is -0.384 e. The highest BCUT2D eigenvalue weighted by Crippen LogP contribution is 2.30. The van der Waals surface area contributed by atoms with E-state index in [0.717, 1.165) is 32.3 Å². The predicted octanol–water partition coefficient (Wildman–Crippen LogP) is 4.76. The van der Waals surface area contributed by atoms with Crippen LogP contribution < -0.4 is 0 Å². The van der Waals surface area contributed by atoms with Gasteiger partial charge in [-0.25, -0.2) is 0 Å². The fourth-order valence-electron chi connectivity index (χ4n) is 2.63. The van der Waals surface area contributed by atoms with E-state index >= 15 is 0 Å². The number of aryl methyl sites for hydroxylation is 4. The summed E-state index contributed by atoms with van der Waals surface area (Å²) >= 11 is 3.49. The van der Waals surface area contributed by atoms with Crippen molar-refractivity contribution in [2.75, 3.05) is 0 Å². The van der Waals surface area contributed by atoms with E-state index in [-0.39, 0.29) is 0 Å². The van der Waals surface area contributed by atoms with Crippen LogP contribution in [0.5, 0.6) is 0 Å². The van der Waals surface area contributed by atoms with Crippen molar-refractivity contribution in [3.8, 4) is 0 Å². The van der Waals surface area contributed by atoms with Gasteiger partial charge in [0.15, 0.2) is 0 Å². The maximum Gasteiger partial charge on any atom is 0.105 e. The molecule has 2 aromatic carbocycles. The number of aliphatic hydroxyl groups excluding tert-OH is 1. The Bertz CT molecular complexity index is 594. The fraction of sp³-hybridized carbons (Fsp3) is 0.294. The molecule has 0 heterocycles. The summed E-state index contributed by atoms with van der Waals surface area (Å²) in [7, 11) is 0. The summed E-state index contributed by atoms with van der Waals surface area (Å²) in [6, 6.07) is 10.2. The molecule has 100 valence electrons. The van der Waals surface area contributed by atoms with Gasteiger partial charge in [0.2, 0.25) is 0 Å². The lowest BCUT2D eigenvalue weighted by atomic mass is 9.91. The number of hydrogen-bond donors (Lipinski definition) is 1. The molecular weight excluding hydrogens is 300 g/mol. The smallest absolute Gasteiger partial charge is 0.105 e. The van der Waals surface area contributed by atoms with Crippen molar-refractivity contribution in [2.45, 2.75) is 33.8 Å². The zero-order valence-electron chi connectivity index (χ0n) is 11.8. The third-order valence-electron chi connectivity index (χ3n) is 3.51. The summed E-state index contributed by atoms with van der Waals surface area (Å²) in [4.78, 5) is 0. The van der Waals surface area contributed by atoms with E-state index in [1.54, 1.807) is 0 Å². The van der Waals surface area contributed by atoms with Crippen LogP contribution in [0.4, 0.5) is 0 Å². The minimum absolute atomic E-state index is 0.563. The molecule has 0 aromatic heterocycles. The Morgan fingerprint density at radius 2 is 1.47 bits per heavy atom. The first-order chi connectivity index (χ1) is 8.90. The summed E-state index contributed by atoms with van der Waals surface area (Å²) in [6.07, 6.45) is -0.563. The summed E-state index contributed by atoms with van der Waals surface area (Å²) in [5.41, 5.74) is 6.62. The third-order valence-corrected chi connectivity index (χ3v) is 4.40. The molecule has 0 aliphatic rings. The van der Waals surface area contributed by atoms with E-state index in [0.29, 0.717) is 0 Å². The molecule has 0 fully saturated rings. The van der Waals surface area contributed by atoms with E-state index in [9.17, 15) is 5.11 Å². The van der Waals surface area contributed by atoms with Crippen molar-refractivity contribution in [3.05, 3.63) is 68.2 Å². The van der Waals surface area contributed by atoms with E-state index < -0.39 is 6.10 Å². The van der Waals surface area contributed by atoms with E-state index in [1.807, 2.05) is 25.1 Å². The number of rotatable bonds is 2. The number of aliphatic hydroxyl groups is 1. The van der Waals surface area contributed by atoms with Crippen molar-refractivity contribution in [2.24, 2.45) is 0 Å². The lowest BCUT2D eigenvalue weighted by Crippen LogP contribution is -2.05. The normalized spacial score (nSPS) is 12.5. The Morgan fingerprint density at radius 1 is 0.895 bits per heavy atom. The van der Waals surface area contributed by atoms with Crippen molar-refractivity contribution in [1.82, 2.24) is 0 Å². The molecule has 1 nitrogen and oxygen atoms in total. The summed E-state index contributed by atoms with van der Waals surface area (Å²) in [5, 5.41) is 10.6. The first-order valence-corrected chi connectivity index (χ1v) is 7.21. The van der Waals surface area contributed by atoms with Crippen molar-refractivity contribution in [3.63, 3.8) is 0 Å². The molecule has 1 unspecified atom stereocenters. The largest absolute Gasteiger partial charge is 0.384 e. The zero-order chi connectivity index (χ0) is 14.2. The molecule has 1 atom stereocenters. The lowest BCUT2D eigenvalue weighted by Gasteiger charge is -2.18. The highest BCUT2D eigenvalue weighted by Gasteiger charge is 2.16. The molecule has 0 aliphatic heterocycles. The van der Waals surface area contributed by atoms with Gasteiger partial charge >= 0.3 is 0 Å². The molecule has 19 heavy (non-hydrogen) atoms. The van der Waals surface area contributed by atoms with Gasteiger partial charge in [-0.1, -0.05) is 45.8 Å². The Morgan fingerprint density at radius 3 is 2.00 bits per heavy atom. The molecule has 1 N–H and O–H groups in total. The molecule has 0 spiro atoms. The van der Waals surface area contributed by atoms with Crippen LogP contribution in [0.25, 0.3) is 0 Å². The molecule has 2 aromatic rings. The van der Waals surface area contributed by atoms with Gasteiger partial charge in [0.25, 0.3) is 0 Å². The van der Waals surface area contributed by atoms with Gasteiger partial charge in [0.1, 0.15) is 6.10 Å². The molecule has 2 heteroatoms. The summed E-state index contributed by atoms with van der Waals surface area (Å²) in [5.74, 6) is 0. The Labute approximate surface area is 123 Å². The van der Waals surface area contributed by atoms with Crippen LogP contribution in [0.3, 0.4) is 0 Å². The molecule has 0 saturated heterocycles. The fourth-order valence-corrected chi connectivity index (χ4v) is 2.87. The monoisotopic (exact) mass is 318 g/mol. The second kappa shape index (κ2) is 5.48. The first-order valence-electron chi connectivity index (χ1n) is 6.42. The lowest BCUT2D eigenvalue weighted by molar-refractivity contribution is 0.218. The van der Waals surface area contributed by atoms with Gasteiger partial charge in [0.05, 0.1) is 0 Å². The predicted molar refractivity (Wildman–Crippen MR) is 83.6 cm³/mol. The van der Waals surface area contributed by atoms with E-state index in [2.05, 4.69) is 48.8 Å². The molecule has 0 aliphatic carbocycles. The highest BCUT2D eigenvalue weighted by atomic mass is 79.9. The van der Waals surface area contributed by atoms with Gasteiger partial charge in [-0.15, -0.1) is 0 Å². The first kappa shape index (κ1) is 14.3. The van der Waals surface area contributed by atoms with Crippen molar-refractivity contribution < 1.29 is 5.11 Å². The Kier molecular flexibility index (Phi) is 4.12. The van der Waals surface area contributed by atoms with Gasteiger partial charge in [0, 0.05) is 4.47 Å². The molecule has 2 rings (SSSR count). The molecule has 0 radical (unpaired) electrons. The maximum atomic E-state index is 10.6. The average Bonchev–Trinajstić information content (AvgIpc) is 2.31. The van der Waals surface area contributed by atoms with Gasteiger partial charge < -0.3 is 5.11 Å². The molecule has 0 amide bonds. The Hall–Kier alpha value is -1.12. The van der Waals surface area contributed by atoms with Gasteiger partial charge in [-0.3, -0.25) is 0 Å². The van der Waals surface area contributed by atoms with Crippen LogP contribution in [-0.4, -0.2) is 5.11 Å². The maximum absolute atomic E-state index is 10.6. The van der Waals surface area contributed by atoms with Crippen LogP contribution in [0.1, 0.15) is 39.5 Å². The highest BCUT2D eigenvalue weighted by molar-refractivity contribution is 9.10. The van der Waals surface area contributed by atoms with E-state index in [4.69, 9.17) is 0 Å².